The van der Waals surface area contributed by atoms with Crippen molar-refractivity contribution in [2.75, 3.05) is 18.5 Å². The fourth-order valence-electron chi connectivity index (χ4n) is 3.82. The zero-order valence-electron chi connectivity index (χ0n) is 18.4. The van der Waals surface area contributed by atoms with Crippen molar-refractivity contribution in [1.82, 2.24) is 10.3 Å². The van der Waals surface area contributed by atoms with Crippen LogP contribution in [0, 0.1) is 0 Å². The number of nitrogens with zero attached hydrogens (tertiary/aromatic N) is 1. The molecule has 1 fully saturated rings. The number of aromatic nitrogens is 1. The van der Waals surface area contributed by atoms with Crippen molar-refractivity contribution in [2.24, 2.45) is 0 Å². The minimum atomic E-state index is -0.104. The van der Waals surface area contributed by atoms with Crippen molar-refractivity contribution >= 4 is 22.5 Å². The Labute approximate surface area is 188 Å². The minimum absolute atomic E-state index is 0.00712. The van der Waals surface area contributed by atoms with Crippen molar-refractivity contribution < 1.29 is 14.3 Å². The van der Waals surface area contributed by atoms with Gasteiger partial charge in [0.15, 0.2) is 0 Å². The third-order valence-corrected chi connectivity index (χ3v) is 5.39. The number of rotatable bonds is 9. The van der Waals surface area contributed by atoms with Gasteiger partial charge in [-0.1, -0.05) is 26.0 Å². The molecule has 1 saturated heterocycles. The highest BCUT2D eigenvalue weighted by Gasteiger charge is 2.21. The van der Waals surface area contributed by atoms with Crippen molar-refractivity contribution in [3.8, 4) is 17.2 Å². The summed E-state index contributed by atoms with van der Waals surface area (Å²) in [5.41, 5.74) is 2.64. The molecule has 1 aliphatic rings. The Bertz CT molecular complexity index is 1090. The number of hydrogen-bond donors (Lipinski definition) is 2. The van der Waals surface area contributed by atoms with Crippen molar-refractivity contribution in [3.63, 3.8) is 0 Å². The van der Waals surface area contributed by atoms with Crippen LogP contribution in [0.1, 0.15) is 31.9 Å². The number of benzene rings is 2. The molecule has 0 aliphatic carbocycles. The maximum Gasteiger partial charge on any atom is 0.241 e. The Morgan fingerprint density at radius 2 is 2.03 bits per heavy atom. The second-order valence-electron chi connectivity index (χ2n) is 7.90. The van der Waals surface area contributed by atoms with Crippen LogP contribution in [0.4, 0.5) is 5.69 Å². The zero-order valence-corrected chi connectivity index (χ0v) is 18.4. The molecular formula is C26H29N3O3. The average Bonchev–Trinajstić information content (AvgIpc) is 3.34. The molecule has 3 aromatic rings. The van der Waals surface area contributed by atoms with Gasteiger partial charge in [0.1, 0.15) is 23.9 Å². The molecule has 0 spiro atoms. The van der Waals surface area contributed by atoms with Gasteiger partial charge < -0.3 is 20.1 Å². The molecule has 0 bridgehead atoms. The minimum Gasteiger partial charge on any atom is -0.489 e. The monoisotopic (exact) mass is 431 g/mol. The number of anilines is 1. The van der Waals surface area contributed by atoms with Gasteiger partial charge in [0, 0.05) is 22.8 Å². The van der Waals surface area contributed by atoms with E-state index in [4.69, 9.17) is 14.5 Å². The number of fused-ring (bicyclic) bond motifs is 1. The van der Waals surface area contributed by atoms with Crippen LogP contribution in [-0.4, -0.2) is 30.1 Å². The van der Waals surface area contributed by atoms with Gasteiger partial charge in [0.2, 0.25) is 5.91 Å². The Morgan fingerprint density at radius 1 is 1.22 bits per heavy atom. The molecule has 1 aliphatic heterocycles. The van der Waals surface area contributed by atoms with Crippen LogP contribution in [0.2, 0.25) is 0 Å². The summed E-state index contributed by atoms with van der Waals surface area (Å²) in [4.78, 5) is 17.0. The van der Waals surface area contributed by atoms with E-state index < -0.39 is 0 Å². The SMILES string of the molecule is C=CCOc1cc(CCC)nc2ccc(Oc3ccc(NC(=O)[C@@H]4CCCN4)cc3)cc12. The first kappa shape index (κ1) is 21.8. The van der Waals surface area contributed by atoms with Crippen molar-refractivity contribution in [2.45, 2.75) is 38.6 Å². The number of ether oxygens (including phenoxy) is 2. The predicted octanol–water partition coefficient (Wildman–Crippen LogP) is 5.23. The lowest BCUT2D eigenvalue weighted by atomic mass is 10.1. The number of amides is 1. The number of aryl methyl sites for hydroxylation is 1. The summed E-state index contributed by atoms with van der Waals surface area (Å²) in [6, 6.07) is 15.1. The first-order valence-electron chi connectivity index (χ1n) is 11.2. The van der Waals surface area contributed by atoms with Crippen LogP contribution in [0.25, 0.3) is 10.9 Å². The summed E-state index contributed by atoms with van der Waals surface area (Å²) in [5.74, 6) is 2.17. The molecule has 6 nitrogen and oxygen atoms in total. The summed E-state index contributed by atoms with van der Waals surface area (Å²) in [6.45, 7) is 7.20. The smallest absolute Gasteiger partial charge is 0.241 e. The third-order valence-electron chi connectivity index (χ3n) is 5.39. The first-order valence-corrected chi connectivity index (χ1v) is 11.2. The molecule has 0 radical (unpaired) electrons. The van der Waals surface area contributed by atoms with Crippen molar-refractivity contribution in [3.05, 3.63) is 66.9 Å². The molecule has 1 amide bonds. The van der Waals surface area contributed by atoms with Gasteiger partial charge in [-0.2, -0.15) is 0 Å². The lowest BCUT2D eigenvalue weighted by Crippen LogP contribution is -2.35. The molecule has 6 heteroatoms. The van der Waals surface area contributed by atoms with Crippen LogP contribution in [0.15, 0.2) is 61.2 Å². The van der Waals surface area contributed by atoms with E-state index in [0.29, 0.717) is 18.1 Å². The van der Waals surface area contributed by atoms with Gasteiger partial charge in [0.25, 0.3) is 0 Å². The Morgan fingerprint density at radius 3 is 2.75 bits per heavy atom. The van der Waals surface area contributed by atoms with Gasteiger partial charge in [-0.25, -0.2) is 0 Å². The molecule has 2 heterocycles. The summed E-state index contributed by atoms with van der Waals surface area (Å²) in [6.07, 6.45) is 5.57. The highest BCUT2D eigenvalue weighted by molar-refractivity contribution is 5.95. The molecule has 2 aromatic carbocycles. The summed E-state index contributed by atoms with van der Waals surface area (Å²) < 4.78 is 12.0. The number of hydrogen-bond acceptors (Lipinski definition) is 5. The summed E-state index contributed by atoms with van der Waals surface area (Å²) in [7, 11) is 0. The average molecular weight is 432 g/mol. The largest absolute Gasteiger partial charge is 0.489 e. The lowest BCUT2D eigenvalue weighted by Gasteiger charge is -2.13. The fraction of sp³-hybridized carbons (Fsp3) is 0.308. The van der Waals surface area contributed by atoms with Gasteiger partial charge >= 0.3 is 0 Å². The van der Waals surface area contributed by atoms with Crippen molar-refractivity contribution in [1.29, 1.82) is 0 Å². The molecular weight excluding hydrogens is 402 g/mol. The van der Waals surface area contributed by atoms with Crippen LogP contribution >= 0.6 is 0 Å². The number of carbonyl (C=O) groups is 1. The summed E-state index contributed by atoms with van der Waals surface area (Å²) >= 11 is 0. The second-order valence-corrected chi connectivity index (χ2v) is 7.90. The van der Waals surface area contributed by atoms with E-state index in [0.717, 1.165) is 60.3 Å². The van der Waals surface area contributed by atoms with Gasteiger partial charge in [-0.15, -0.1) is 0 Å². The van der Waals surface area contributed by atoms with Crippen LogP contribution in [-0.2, 0) is 11.2 Å². The van der Waals surface area contributed by atoms with Gasteiger partial charge in [0.05, 0.1) is 11.6 Å². The van der Waals surface area contributed by atoms with E-state index in [9.17, 15) is 4.79 Å². The lowest BCUT2D eigenvalue weighted by molar-refractivity contribution is -0.117. The molecule has 4 rings (SSSR count). The topological polar surface area (TPSA) is 72.5 Å². The maximum atomic E-state index is 12.3. The zero-order chi connectivity index (χ0) is 22.3. The van der Waals surface area contributed by atoms with Gasteiger partial charge in [-0.05, 0) is 68.3 Å². The molecule has 0 unspecified atom stereocenters. The van der Waals surface area contributed by atoms with E-state index in [-0.39, 0.29) is 11.9 Å². The Hall–Kier alpha value is -3.38. The van der Waals surface area contributed by atoms with Crippen LogP contribution < -0.4 is 20.1 Å². The standard InChI is InChI=1S/C26H29N3O3/c1-3-6-19-16-25(31-15-4-2)22-17-21(12-13-23(22)28-19)32-20-10-8-18(9-11-20)29-26(30)24-7-5-14-27-24/h4,8-13,16-17,24,27H,2-3,5-7,14-15H2,1H3,(H,29,30)/t24-/m0/s1. The second kappa shape index (κ2) is 10.3. The molecule has 166 valence electrons. The van der Waals surface area contributed by atoms with E-state index in [1.54, 1.807) is 6.08 Å². The summed E-state index contributed by atoms with van der Waals surface area (Å²) in [5, 5.41) is 7.06. The molecule has 0 saturated carbocycles. The van der Waals surface area contributed by atoms with Crippen LogP contribution in [0.5, 0.6) is 17.2 Å². The Kier molecular flexibility index (Phi) is 7.02. The van der Waals surface area contributed by atoms with E-state index in [1.165, 1.54) is 0 Å². The van der Waals surface area contributed by atoms with Gasteiger partial charge in [-0.3, -0.25) is 9.78 Å². The highest BCUT2D eigenvalue weighted by Crippen LogP contribution is 2.32. The molecule has 1 aromatic heterocycles. The normalized spacial score (nSPS) is 15.5. The fourth-order valence-corrected chi connectivity index (χ4v) is 3.82. The molecule has 1 atom stereocenters. The molecule has 32 heavy (non-hydrogen) atoms. The molecule has 2 N–H and O–H groups in total. The van der Waals surface area contributed by atoms with E-state index >= 15 is 0 Å². The predicted molar refractivity (Wildman–Crippen MR) is 128 cm³/mol. The first-order chi connectivity index (χ1) is 15.7. The highest BCUT2D eigenvalue weighted by atomic mass is 16.5. The van der Waals surface area contributed by atoms with E-state index in [1.807, 2.05) is 48.5 Å². The Balaban J connectivity index is 1.50. The third kappa shape index (κ3) is 5.26. The quantitative estimate of drug-likeness (QED) is 0.454. The number of carbonyl (C=O) groups excluding carboxylic acids is 1. The number of nitrogens with one attached hydrogen (secondary N) is 2. The maximum absolute atomic E-state index is 12.3. The van der Waals surface area contributed by atoms with E-state index in [2.05, 4.69) is 24.1 Å². The number of pyridine rings is 1. The van der Waals surface area contributed by atoms with Crippen LogP contribution in [0.3, 0.4) is 0 Å².